The number of nitrogens with one attached hydrogen (secondary N) is 2. The highest BCUT2D eigenvalue weighted by Crippen LogP contribution is 2.10. The molecule has 0 bridgehead atoms. The molecule has 0 saturated carbocycles. The number of rotatable bonds is 5. The second-order valence-corrected chi connectivity index (χ2v) is 5.72. The minimum atomic E-state index is -3.71. The number of aliphatic hydroxyl groups is 1. The molecular formula is C9H13ClN2O4S. The Morgan fingerprint density at radius 3 is 2.76 bits per heavy atom. The molecule has 0 radical (unpaired) electrons. The van der Waals surface area contributed by atoms with Gasteiger partial charge >= 0.3 is 0 Å². The fourth-order valence-electron chi connectivity index (χ4n) is 1.08. The van der Waals surface area contributed by atoms with Gasteiger partial charge in [0.25, 0.3) is 5.56 Å². The van der Waals surface area contributed by atoms with E-state index in [-0.39, 0.29) is 16.5 Å². The van der Waals surface area contributed by atoms with Crippen LogP contribution in [0.1, 0.15) is 13.3 Å². The van der Waals surface area contributed by atoms with Gasteiger partial charge in [0.15, 0.2) is 0 Å². The Bertz CT molecular complexity index is 538. The van der Waals surface area contributed by atoms with Crippen LogP contribution in [0, 0.1) is 0 Å². The quantitative estimate of drug-likeness (QED) is 0.711. The zero-order valence-corrected chi connectivity index (χ0v) is 10.7. The zero-order valence-electron chi connectivity index (χ0n) is 9.10. The van der Waals surface area contributed by atoms with Crippen LogP contribution in [0.5, 0.6) is 0 Å². The molecule has 1 rings (SSSR count). The normalized spacial score (nSPS) is 13.6. The highest BCUT2D eigenvalue weighted by molar-refractivity contribution is 7.89. The molecule has 1 atom stereocenters. The van der Waals surface area contributed by atoms with E-state index < -0.39 is 21.7 Å². The summed E-state index contributed by atoms with van der Waals surface area (Å²) in [6.45, 7) is 1.67. The Kier molecular flexibility index (Phi) is 4.70. The summed E-state index contributed by atoms with van der Waals surface area (Å²) in [6, 6.07) is 1.07. The summed E-state index contributed by atoms with van der Waals surface area (Å²) in [5.74, 6) is 0. The van der Waals surface area contributed by atoms with E-state index in [2.05, 4.69) is 9.71 Å². The van der Waals surface area contributed by atoms with Crippen LogP contribution in [-0.2, 0) is 10.0 Å². The van der Waals surface area contributed by atoms with Gasteiger partial charge in [0.2, 0.25) is 10.0 Å². The van der Waals surface area contributed by atoms with Crippen LogP contribution in [0.25, 0.3) is 0 Å². The topological polar surface area (TPSA) is 99.3 Å². The Labute approximate surface area is 104 Å². The second kappa shape index (κ2) is 5.63. The van der Waals surface area contributed by atoms with Gasteiger partial charge in [-0.25, -0.2) is 13.1 Å². The Morgan fingerprint density at radius 2 is 2.24 bits per heavy atom. The molecule has 8 heteroatoms. The average Bonchev–Trinajstić information content (AvgIpc) is 2.21. The highest BCUT2D eigenvalue weighted by atomic mass is 35.5. The second-order valence-electron chi connectivity index (χ2n) is 3.55. The number of sulfonamides is 1. The maximum Gasteiger partial charge on any atom is 0.266 e. The number of halogens is 1. The van der Waals surface area contributed by atoms with Gasteiger partial charge in [-0.15, -0.1) is 0 Å². The largest absolute Gasteiger partial charge is 0.393 e. The lowest BCUT2D eigenvalue weighted by Gasteiger charge is -2.07. The first kappa shape index (κ1) is 14.2. The van der Waals surface area contributed by atoms with Crippen molar-refractivity contribution in [3.8, 4) is 0 Å². The van der Waals surface area contributed by atoms with Crippen LogP contribution in [0.3, 0.4) is 0 Å². The number of aromatic amines is 1. The van der Waals surface area contributed by atoms with Gasteiger partial charge in [-0.1, -0.05) is 11.6 Å². The van der Waals surface area contributed by atoms with Crippen LogP contribution in [0.4, 0.5) is 0 Å². The van der Waals surface area contributed by atoms with E-state index in [1.807, 2.05) is 0 Å². The number of hydrogen-bond acceptors (Lipinski definition) is 4. The van der Waals surface area contributed by atoms with Gasteiger partial charge in [0.1, 0.15) is 5.02 Å². The summed E-state index contributed by atoms with van der Waals surface area (Å²) < 4.78 is 25.7. The Morgan fingerprint density at radius 1 is 1.59 bits per heavy atom. The molecule has 3 N–H and O–H groups in total. The third-order valence-electron chi connectivity index (χ3n) is 2.00. The van der Waals surface area contributed by atoms with Crippen molar-refractivity contribution in [2.45, 2.75) is 24.3 Å². The van der Waals surface area contributed by atoms with E-state index in [1.54, 1.807) is 6.92 Å². The number of H-pyrrole nitrogens is 1. The molecule has 0 aromatic carbocycles. The van der Waals surface area contributed by atoms with Crippen LogP contribution in [-0.4, -0.2) is 31.2 Å². The van der Waals surface area contributed by atoms with E-state index in [4.69, 9.17) is 16.7 Å². The lowest BCUT2D eigenvalue weighted by atomic mass is 10.3. The standard InChI is InChI=1S/C9H13ClN2O4S/c1-6(13)2-3-12-17(15,16)7-4-8(10)9(14)11-5-7/h4-6,12-13H,2-3H2,1H3,(H,11,14). The van der Waals surface area contributed by atoms with Gasteiger partial charge < -0.3 is 10.1 Å². The van der Waals surface area contributed by atoms with Gasteiger partial charge in [0.05, 0.1) is 11.0 Å². The molecule has 0 saturated heterocycles. The van der Waals surface area contributed by atoms with Crippen molar-refractivity contribution in [3.05, 3.63) is 27.6 Å². The van der Waals surface area contributed by atoms with E-state index in [9.17, 15) is 13.2 Å². The van der Waals surface area contributed by atoms with Crippen LogP contribution >= 0.6 is 11.6 Å². The lowest BCUT2D eigenvalue weighted by Crippen LogP contribution is -2.27. The number of hydrogen-bond donors (Lipinski definition) is 3. The molecule has 0 aliphatic carbocycles. The first-order chi connectivity index (χ1) is 7.83. The molecule has 0 fully saturated rings. The van der Waals surface area contributed by atoms with Gasteiger partial charge in [-0.2, -0.15) is 0 Å². The molecule has 1 unspecified atom stereocenters. The maximum absolute atomic E-state index is 11.7. The molecule has 1 aromatic heterocycles. The summed E-state index contributed by atoms with van der Waals surface area (Å²) in [7, 11) is -3.71. The smallest absolute Gasteiger partial charge is 0.266 e. The SMILES string of the molecule is CC(O)CCNS(=O)(=O)c1c[nH]c(=O)c(Cl)c1. The van der Waals surface area contributed by atoms with Crippen LogP contribution in [0.15, 0.2) is 22.0 Å². The van der Waals surface area contributed by atoms with Crippen molar-refractivity contribution >= 4 is 21.6 Å². The van der Waals surface area contributed by atoms with E-state index >= 15 is 0 Å². The molecule has 6 nitrogen and oxygen atoms in total. The minimum absolute atomic E-state index is 0.108. The van der Waals surface area contributed by atoms with Crippen molar-refractivity contribution in [1.82, 2.24) is 9.71 Å². The molecule has 0 aliphatic heterocycles. The summed E-state index contributed by atoms with van der Waals surface area (Å²) in [5.41, 5.74) is -0.547. The monoisotopic (exact) mass is 280 g/mol. The van der Waals surface area contributed by atoms with Gasteiger partial charge in [-0.05, 0) is 19.4 Å². The number of aliphatic hydroxyl groups excluding tert-OH is 1. The van der Waals surface area contributed by atoms with E-state index in [1.165, 1.54) is 0 Å². The molecule has 1 aromatic rings. The van der Waals surface area contributed by atoms with Gasteiger partial charge in [-0.3, -0.25) is 4.79 Å². The average molecular weight is 281 g/mol. The van der Waals surface area contributed by atoms with Crippen molar-refractivity contribution in [2.24, 2.45) is 0 Å². The van der Waals surface area contributed by atoms with E-state index in [0.29, 0.717) is 6.42 Å². The third kappa shape index (κ3) is 4.12. The molecule has 96 valence electrons. The lowest BCUT2D eigenvalue weighted by molar-refractivity contribution is 0.186. The summed E-state index contributed by atoms with van der Waals surface area (Å²) >= 11 is 5.53. The minimum Gasteiger partial charge on any atom is -0.393 e. The van der Waals surface area contributed by atoms with E-state index in [0.717, 1.165) is 12.3 Å². The molecule has 17 heavy (non-hydrogen) atoms. The Balaban J connectivity index is 2.83. The molecule has 0 aliphatic rings. The molecule has 1 heterocycles. The van der Waals surface area contributed by atoms with Crippen molar-refractivity contribution in [2.75, 3.05) is 6.54 Å². The highest BCUT2D eigenvalue weighted by Gasteiger charge is 2.15. The first-order valence-electron chi connectivity index (χ1n) is 4.89. The summed E-state index contributed by atoms with van der Waals surface area (Å²) in [5, 5.41) is 8.81. The number of pyridine rings is 1. The first-order valence-corrected chi connectivity index (χ1v) is 6.75. The predicted octanol–water partition coefficient (Wildman–Crippen LogP) is 0.0775. The Hall–Kier alpha value is -0.890. The van der Waals surface area contributed by atoms with Crippen molar-refractivity contribution in [3.63, 3.8) is 0 Å². The van der Waals surface area contributed by atoms with Gasteiger partial charge in [0, 0.05) is 12.7 Å². The predicted molar refractivity (Wildman–Crippen MR) is 63.6 cm³/mol. The van der Waals surface area contributed by atoms with Crippen molar-refractivity contribution < 1.29 is 13.5 Å². The summed E-state index contributed by atoms with van der Waals surface area (Å²) in [4.78, 5) is 13.1. The van der Waals surface area contributed by atoms with Crippen molar-refractivity contribution in [1.29, 1.82) is 0 Å². The fraction of sp³-hybridized carbons (Fsp3) is 0.444. The van der Waals surface area contributed by atoms with Crippen LogP contribution < -0.4 is 10.3 Å². The zero-order chi connectivity index (χ0) is 13.1. The molecular weight excluding hydrogens is 268 g/mol. The molecule has 0 spiro atoms. The molecule has 0 amide bonds. The maximum atomic E-state index is 11.7. The summed E-state index contributed by atoms with van der Waals surface area (Å²) in [6.07, 6.45) is 0.784. The number of aromatic nitrogens is 1. The third-order valence-corrected chi connectivity index (χ3v) is 3.72. The fourth-order valence-corrected chi connectivity index (χ4v) is 2.36. The van der Waals surface area contributed by atoms with Crippen LogP contribution in [0.2, 0.25) is 5.02 Å².